The molecule has 0 aromatic heterocycles. The van der Waals surface area contributed by atoms with Crippen LogP contribution in [0.25, 0.3) is 0 Å². The Balaban J connectivity index is 0.00000324. The molecule has 1 aromatic rings. The first-order valence-corrected chi connectivity index (χ1v) is 7.11. The molecule has 0 unspecified atom stereocenters. The average molecular weight is 332 g/mol. The van der Waals surface area contributed by atoms with E-state index in [2.05, 4.69) is 0 Å². The molecule has 6 nitrogen and oxygen atoms in total. The van der Waals surface area contributed by atoms with E-state index in [0.717, 1.165) is 6.26 Å². The molecule has 0 aliphatic carbocycles. The monoisotopic (exact) mass is 331 g/mol. The fourth-order valence-electron chi connectivity index (χ4n) is 1.62. The molecule has 0 spiro atoms. The van der Waals surface area contributed by atoms with E-state index in [1.807, 2.05) is 0 Å². The summed E-state index contributed by atoms with van der Waals surface area (Å²) in [6.45, 7) is -0.124. The summed E-state index contributed by atoms with van der Waals surface area (Å²) in [7, 11) is -1.15. The predicted molar refractivity (Wildman–Crippen MR) is 74.5 cm³/mol. The van der Waals surface area contributed by atoms with Crippen molar-refractivity contribution in [3.63, 3.8) is 0 Å². The van der Waals surface area contributed by atoms with Gasteiger partial charge < -0.3 is 20.3 Å². The minimum absolute atomic E-state index is 0. The molecule has 1 aromatic carbocycles. The zero-order valence-electron chi connectivity index (χ0n) is 10.6. The average Bonchev–Trinajstić information content (AvgIpc) is 2.28. The topological polar surface area (TPSA) is 98.8 Å². The molecule has 0 saturated carbocycles. The highest BCUT2D eigenvalue weighted by molar-refractivity contribution is 7.91. The van der Waals surface area contributed by atoms with Gasteiger partial charge in [0.2, 0.25) is 0 Å². The summed E-state index contributed by atoms with van der Waals surface area (Å²) in [5.41, 5.74) is 5.58. The Morgan fingerprint density at radius 2 is 1.74 bits per heavy atom. The van der Waals surface area contributed by atoms with Gasteiger partial charge in [-0.2, -0.15) is 0 Å². The Morgan fingerprint density at radius 1 is 1.26 bits per heavy atom. The fraction of sp³-hybridized carbons (Fsp3) is 0.400. The smallest absolute Gasteiger partial charge is 0.182 e. The number of rotatable bonds is 4. The maximum Gasteiger partial charge on any atom is 0.182 e. The van der Waals surface area contributed by atoms with Gasteiger partial charge >= 0.3 is 0 Å². The highest BCUT2D eigenvalue weighted by Gasteiger charge is 2.29. The standard InChI is InChI=1S/C10H14ClNO5S.ClH/c1-16-8-5(4-12)7(13)10(18(3,14)15)9(17-2)6(8)11;/h13H,4,12H2,1-3H3;1H. The van der Waals surface area contributed by atoms with Gasteiger partial charge in [0.05, 0.1) is 19.8 Å². The van der Waals surface area contributed by atoms with E-state index < -0.39 is 20.5 Å². The minimum Gasteiger partial charge on any atom is -0.506 e. The Kier molecular flexibility index (Phi) is 6.21. The first-order chi connectivity index (χ1) is 8.29. The fourth-order valence-corrected chi connectivity index (χ4v) is 3.03. The van der Waals surface area contributed by atoms with Crippen LogP contribution in [0.5, 0.6) is 17.2 Å². The van der Waals surface area contributed by atoms with E-state index in [1.165, 1.54) is 14.2 Å². The summed E-state index contributed by atoms with van der Waals surface area (Å²) in [5.74, 6) is -0.565. The van der Waals surface area contributed by atoms with E-state index >= 15 is 0 Å². The third-order valence-electron chi connectivity index (χ3n) is 2.36. The molecule has 0 radical (unpaired) electrons. The Labute approximate surface area is 122 Å². The predicted octanol–water partition coefficient (Wildman–Crippen LogP) is 1.35. The Hall–Kier alpha value is -0.890. The van der Waals surface area contributed by atoms with Crippen molar-refractivity contribution in [1.82, 2.24) is 0 Å². The van der Waals surface area contributed by atoms with Crippen molar-refractivity contribution >= 4 is 33.8 Å². The van der Waals surface area contributed by atoms with Crippen molar-refractivity contribution in [3.8, 4) is 17.2 Å². The summed E-state index contributed by atoms with van der Waals surface area (Å²) < 4.78 is 33.3. The number of aromatic hydroxyl groups is 1. The van der Waals surface area contributed by atoms with E-state index in [9.17, 15) is 13.5 Å². The third kappa shape index (κ3) is 3.17. The lowest BCUT2D eigenvalue weighted by molar-refractivity contribution is 0.366. The number of hydrogen-bond donors (Lipinski definition) is 2. The second kappa shape index (κ2) is 6.51. The number of benzene rings is 1. The quantitative estimate of drug-likeness (QED) is 0.863. The number of phenols is 1. The summed E-state index contributed by atoms with van der Waals surface area (Å²) in [6.07, 6.45) is 0.938. The summed E-state index contributed by atoms with van der Waals surface area (Å²) in [5, 5.41) is 9.95. The molecule has 0 aliphatic heterocycles. The molecule has 9 heteroatoms. The molecule has 110 valence electrons. The van der Waals surface area contributed by atoms with Crippen LogP contribution in [-0.4, -0.2) is 34.0 Å². The van der Waals surface area contributed by atoms with Crippen LogP contribution in [0.3, 0.4) is 0 Å². The van der Waals surface area contributed by atoms with Gasteiger partial charge in [-0.15, -0.1) is 12.4 Å². The van der Waals surface area contributed by atoms with Crippen LogP contribution < -0.4 is 15.2 Å². The SMILES string of the molecule is COc1c(Cl)c(OC)c(S(C)(=O)=O)c(O)c1CN.Cl. The largest absolute Gasteiger partial charge is 0.506 e. The highest BCUT2D eigenvalue weighted by Crippen LogP contribution is 2.47. The lowest BCUT2D eigenvalue weighted by Gasteiger charge is -2.17. The van der Waals surface area contributed by atoms with Crippen molar-refractivity contribution in [2.24, 2.45) is 5.73 Å². The molecule has 1 rings (SSSR count). The first-order valence-electron chi connectivity index (χ1n) is 4.84. The van der Waals surface area contributed by atoms with E-state index in [-0.39, 0.29) is 41.0 Å². The molecule has 3 N–H and O–H groups in total. The van der Waals surface area contributed by atoms with Crippen LogP contribution in [0.15, 0.2) is 4.90 Å². The van der Waals surface area contributed by atoms with Crippen molar-refractivity contribution in [2.45, 2.75) is 11.4 Å². The lowest BCUT2D eigenvalue weighted by Crippen LogP contribution is -2.08. The van der Waals surface area contributed by atoms with Gasteiger partial charge in [0.1, 0.15) is 16.5 Å². The van der Waals surface area contributed by atoms with Crippen molar-refractivity contribution in [3.05, 3.63) is 10.6 Å². The van der Waals surface area contributed by atoms with Gasteiger partial charge in [-0.3, -0.25) is 0 Å². The second-order valence-corrected chi connectivity index (χ2v) is 5.84. The Morgan fingerprint density at radius 3 is 2.05 bits per heavy atom. The van der Waals surface area contributed by atoms with Crippen LogP contribution in [0.4, 0.5) is 0 Å². The zero-order chi connectivity index (χ0) is 14.1. The molecule has 0 fully saturated rings. The molecular weight excluding hydrogens is 317 g/mol. The van der Waals surface area contributed by atoms with Gasteiger partial charge in [0, 0.05) is 12.8 Å². The van der Waals surface area contributed by atoms with E-state index in [0.29, 0.717) is 0 Å². The van der Waals surface area contributed by atoms with Crippen LogP contribution in [0.1, 0.15) is 5.56 Å². The first kappa shape index (κ1) is 18.1. The van der Waals surface area contributed by atoms with E-state index in [1.54, 1.807) is 0 Å². The van der Waals surface area contributed by atoms with Crippen LogP contribution in [0, 0.1) is 0 Å². The van der Waals surface area contributed by atoms with Gasteiger partial charge in [-0.1, -0.05) is 11.6 Å². The maximum absolute atomic E-state index is 11.7. The molecule has 0 saturated heterocycles. The molecule has 0 aliphatic rings. The summed E-state index contributed by atoms with van der Waals surface area (Å²) in [6, 6.07) is 0. The Bertz CT molecular complexity index is 574. The number of methoxy groups -OCH3 is 2. The maximum atomic E-state index is 11.7. The minimum atomic E-state index is -3.73. The number of hydrogen-bond acceptors (Lipinski definition) is 6. The molecule has 0 atom stereocenters. The molecule has 0 bridgehead atoms. The van der Waals surface area contributed by atoms with Gasteiger partial charge in [-0.05, 0) is 0 Å². The van der Waals surface area contributed by atoms with Crippen molar-refractivity contribution in [1.29, 1.82) is 0 Å². The van der Waals surface area contributed by atoms with Gasteiger partial charge in [0.25, 0.3) is 0 Å². The lowest BCUT2D eigenvalue weighted by atomic mass is 10.1. The van der Waals surface area contributed by atoms with Crippen molar-refractivity contribution in [2.75, 3.05) is 20.5 Å². The highest BCUT2D eigenvalue weighted by atomic mass is 35.5. The number of phenolic OH excluding ortho intramolecular Hbond substituents is 1. The molecule has 0 amide bonds. The van der Waals surface area contributed by atoms with E-state index in [4.69, 9.17) is 26.8 Å². The van der Waals surface area contributed by atoms with Crippen LogP contribution >= 0.6 is 24.0 Å². The summed E-state index contributed by atoms with van der Waals surface area (Å²) in [4.78, 5) is -0.392. The molecule has 19 heavy (non-hydrogen) atoms. The van der Waals surface area contributed by atoms with Crippen LogP contribution in [0.2, 0.25) is 5.02 Å². The summed E-state index contributed by atoms with van der Waals surface area (Å²) >= 11 is 6.00. The second-order valence-electron chi connectivity index (χ2n) is 3.51. The zero-order valence-corrected chi connectivity index (χ0v) is 12.9. The van der Waals surface area contributed by atoms with Crippen LogP contribution in [-0.2, 0) is 16.4 Å². The number of ether oxygens (including phenoxy) is 2. The molecule has 0 heterocycles. The normalized spacial score (nSPS) is 10.8. The third-order valence-corrected chi connectivity index (χ3v) is 3.83. The number of halogens is 2. The van der Waals surface area contributed by atoms with Crippen molar-refractivity contribution < 1.29 is 23.0 Å². The molecular formula is C10H15Cl2NO5S. The van der Waals surface area contributed by atoms with Gasteiger partial charge in [0.15, 0.2) is 20.5 Å². The van der Waals surface area contributed by atoms with Gasteiger partial charge in [-0.25, -0.2) is 8.42 Å². The number of sulfone groups is 1. The number of nitrogens with two attached hydrogens (primary N) is 1.